The molecule has 124 valence electrons. The molecule has 1 aliphatic carbocycles. The molecule has 3 rings (SSSR count). The Morgan fingerprint density at radius 1 is 1.36 bits per heavy atom. The topological polar surface area (TPSA) is 62.6 Å². The number of thioether (sulfide) groups is 1. The average Bonchev–Trinajstić information content (AvgIpc) is 3.07. The minimum atomic E-state index is -3.12. The average molecular weight is 345 g/mol. The molecule has 1 saturated heterocycles. The number of hydrogen-bond acceptors (Lipinski definition) is 5. The van der Waals surface area contributed by atoms with Crippen LogP contribution < -0.4 is 5.32 Å². The maximum atomic E-state index is 12.2. The zero-order valence-electron chi connectivity index (χ0n) is 13.0. The summed E-state index contributed by atoms with van der Waals surface area (Å²) in [6.45, 7) is 4.58. The molecule has 0 amide bonds. The molecule has 1 aliphatic heterocycles. The van der Waals surface area contributed by atoms with Crippen molar-refractivity contribution in [2.45, 2.75) is 25.8 Å². The highest BCUT2D eigenvalue weighted by Gasteiger charge is 2.36. The van der Waals surface area contributed by atoms with Crippen molar-refractivity contribution >= 4 is 21.8 Å². The van der Waals surface area contributed by atoms with Crippen LogP contribution in [0.2, 0.25) is 0 Å². The third-order valence-corrected chi connectivity index (χ3v) is 7.17. The van der Waals surface area contributed by atoms with Gasteiger partial charge in [0.2, 0.25) is 10.0 Å². The van der Waals surface area contributed by atoms with E-state index in [0.717, 1.165) is 28.9 Å². The second kappa shape index (κ2) is 6.95. The van der Waals surface area contributed by atoms with Gasteiger partial charge < -0.3 is 9.73 Å². The van der Waals surface area contributed by atoms with Crippen LogP contribution in [0.5, 0.6) is 0 Å². The largest absolute Gasteiger partial charge is 0.464 e. The van der Waals surface area contributed by atoms with Crippen LogP contribution in [0.4, 0.5) is 0 Å². The molecular formula is C15H24N2O3S2. The molecule has 1 aromatic heterocycles. The first-order valence-electron chi connectivity index (χ1n) is 7.91. The number of nitrogens with one attached hydrogen (secondary N) is 1. The third kappa shape index (κ3) is 4.07. The SMILES string of the molecule is CC1CC1c1ccc(CNCCS(=O)(=O)N2CCSCC2)o1. The van der Waals surface area contributed by atoms with Gasteiger partial charge in [-0.05, 0) is 24.5 Å². The standard InChI is InChI=1S/C15H24N2O3S2/c1-12-10-14(12)15-3-2-13(20-15)11-16-4-9-22(18,19)17-5-7-21-8-6-17/h2-3,12,14,16H,4-11H2,1H3. The van der Waals surface area contributed by atoms with Crippen molar-refractivity contribution in [3.05, 3.63) is 23.7 Å². The van der Waals surface area contributed by atoms with Crippen LogP contribution in [0.25, 0.3) is 0 Å². The minimum absolute atomic E-state index is 0.158. The minimum Gasteiger partial charge on any atom is -0.464 e. The van der Waals surface area contributed by atoms with E-state index >= 15 is 0 Å². The number of sulfonamides is 1. The molecule has 1 saturated carbocycles. The summed E-state index contributed by atoms with van der Waals surface area (Å²) in [7, 11) is -3.12. The van der Waals surface area contributed by atoms with E-state index in [-0.39, 0.29) is 5.75 Å². The van der Waals surface area contributed by atoms with Gasteiger partial charge in [0.25, 0.3) is 0 Å². The Hall–Kier alpha value is -0.500. The Bertz CT molecular complexity index is 594. The van der Waals surface area contributed by atoms with E-state index < -0.39 is 10.0 Å². The number of rotatable bonds is 7. The van der Waals surface area contributed by atoms with Gasteiger partial charge in [0.1, 0.15) is 11.5 Å². The Morgan fingerprint density at radius 2 is 2.09 bits per heavy atom. The predicted molar refractivity (Wildman–Crippen MR) is 89.6 cm³/mol. The van der Waals surface area contributed by atoms with E-state index in [2.05, 4.69) is 12.2 Å². The van der Waals surface area contributed by atoms with Gasteiger partial charge in [-0.1, -0.05) is 6.92 Å². The zero-order chi connectivity index (χ0) is 15.6. The molecule has 0 radical (unpaired) electrons. The molecule has 2 aliphatic rings. The van der Waals surface area contributed by atoms with Gasteiger partial charge in [-0.15, -0.1) is 0 Å². The summed E-state index contributed by atoms with van der Waals surface area (Å²) in [5.41, 5.74) is 0. The quantitative estimate of drug-likeness (QED) is 0.765. The number of nitrogens with zero attached hydrogens (tertiary/aromatic N) is 1. The molecule has 1 aromatic rings. The summed E-state index contributed by atoms with van der Waals surface area (Å²) < 4.78 is 31.8. The fraction of sp³-hybridized carbons (Fsp3) is 0.733. The highest BCUT2D eigenvalue weighted by atomic mass is 32.2. The summed E-state index contributed by atoms with van der Waals surface area (Å²) in [6, 6.07) is 4.04. The van der Waals surface area contributed by atoms with Crippen LogP contribution in [0.15, 0.2) is 16.5 Å². The molecular weight excluding hydrogens is 320 g/mol. The molecule has 0 aromatic carbocycles. The van der Waals surface area contributed by atoms with Crippen LogP contribution in [0.1, 0.15) is 30.8 Å². The second-order valence-electron chi connectivity index (χ2n) is 6.13. The smallest absolute Gasteiger partial charge is 0.215 e. The first kappa shape index (κ1) is 16.4. The van der Waals surface area contributed by atoms with Crippen molar-refractivity contribution < 1.29 is 12.8 Å². The maximum absolute atomic E-state index is 12.2. The van der Waals surface area contributed by atoms with Crippen molar-refractivity contribution in [2.75, 3.05) is 36.9 Å². The lowest BCUT2D eigenvalue weighted by Crippen LogP contribution is -2.41. The second-order valence-corrected chi connectivity index (χ2v) is 9.44. The van der Waals surface area contributed by atoms with Crippen molar-refractivity contribution in [3.8, 4) is 0 Å². The number of furan rings is 1. The first-order chi connectivity index (χ1) is 10.6. The van der Waals surface area contributed by atoms with Gasteiger partial charge in [-0.25, -0.2) is 12.7 Å². The summed E-state index contributed by atoms with van der Waals surface area (Å²) in [6.07, 6.45) is 1.22. The molecule has 7 heteroatoms. The van der Waals surface area contributed by atoms with Crippen LogP contribution in [0, 0.1) is 5.92 Å². The fourth-order valence-electron chi connectivity index (χ4n) is 2.77. The van der Waals surface area contributed by atoms with Crippen LogP contribution in [-0.2, 0) is 16.6 Å². The molecule has 0 spiro atoms. The zero-order valence-corrected chi connectivity index (χ0v) is 14.6. The molecule has 2 atom stereocenters. The normalized spacial score (nSPS) is 26.2. The molecule has 5 nitrogen and oxygen atoms in total. The van der Waals surface area contributed by atoms with Crippen LogP contribution >= 0.6 is 11.8 Å². The molecule has 0 bridgehead atoms. The van der Waals surface area contributed by atoms with Gasteiger partial charge in [-0.3, -0.25) is 0 Å². The Labute approximate surface area is 136 Å². The van der Waals surface area contributed by atoms with E-state index in [1.54, 1.807) is 4.31 Å². The summed E-state index contributed by atoms with van der Waals surface area (Å²) in [5, 5.41) is 3.18. The van der Waals surface area contributed by atoms with Gasteiger partial charge >= 0.3 is 0 Å². The summed E-state index contributed by atoms with van der Waals surface area (Å²) >= 11 is 1.82. The van der Waals surface area contributed by atoms with Gasteiger partial charge in [0.15, 0.2) is 0 Å². The third-order valence-electron chi connectivity index (χ3n) is 4.36. The molecule has 2 heterocycles. The van der Waals surface area contributed by atoms with Crippen molar-refractivity contribution in [3.63, 3.8) is 0 Å². The lowest BCUT2D eigenvalue weighted by Gasteiger charge is -2.25. The fourth-order valence-corrected chi connectivity index (χ4v) is 5.31. The van der Waals surface area contributed by atoms with Crippen LogP contribution in [0.3, 0.4) is 0 Å². The van der Waals surface area contributed by atoms with Gasteiger partial charge in [0, 0.05) is 37.1 Å². The Morgan fingerprint density at radius 3 is 2.77 bits per heavy atom. The number of hydrogen-bond donors (Lipinski definition) is 1. The van der Waals surface area contributed by atoms with E-state index in [4.69, 9.17) is 4.42 Å². The van der Waals surface area contributed by atoms with Crippen LogP contribution in [-0.4, -0.2) is 49.6 Å². The van der Waals surface area contributed by atoms with Crippen molar-refractivity contribution in [1.82, 2.24) is 9.62 Å². The predicted octanol–water partition coefficient (Wildman–Crippen LogP) is 1.87. The highest BCUT2D eigenvalue weighted by Crippen LogP contribution is 2.47. The lowest BCUT2D eigenvalue weighted by atomic mass is 10.3. The first-order valence-corrected chi connectivity index (χ1v) is 10.7. The Kier molecular flexibility index (Phi) is 5.17. The molecule has 2 unspecified atom stereocenters. The molecule has 2 fully saturated rings. The van der Waals surface area contributed by atoms with Crippen molar-refractivity contribution in [1.29, 1.82) is 0 Å². The van der Waals surface area contributed by atoms with Crippen molar-refractivity contribution in [2.24, 2.45) is 5.92 Å². The van der Waals surface area contributed by atoms with E-state index in [1.807, 2.05) is 23.9 Å². The Balaban J connectivity index is 1.40. The lowest BCUT2D eigenvalue weighted by molar-refractivity contribution is 0.435. The summed E-state index contributed by atoms with van der Waals surface area (Å²) in [4.78, 5) is 0. The van der Waals surface area contributed by atoms with E-state index in [9.17, 15) is 8.42 Å². The van der Waals surface area contributed by atoms with E-state index in [1.165, 1.54) is 6.42 Å². The van der Waals surface area contributed by atoms with Gasteiger partial charge in [-0.2, -0.15) is 11.8 Å². The highest BCUT2D eigenvalue weighted by molar-refractivity contribution is 7.99. The maximum Gasteiger partial charge on any atom is 0.215 e. The molecule has 22 heavy (non-hydrogen) atoms. The van der Waals surface area contributed by atoms with Gasteiger partial charge in [0.05, 0.1) is 12.3 Å². The summed E-state index contributed by atoms with van der Waals surface area (Å²) in [5.74, 6) is 5.25. The monoisotopic (exact) mass is 344 g/mol. The van der Waals surface area contributed by atoms with E-state index in [0.29, 0.717) is 32.1 Å². The molecule has 1 N–H and O–H groups in total.